The Balaban J connectivity index is 1.69. The highest BCUT2D eigenvalue weighted by molar-refractivity contribution is 5.94. The van der Waals surface area contributed by atoms with Gasteiger partial charge < -0.3 is 15.4 Å². The molecule has 2 aliphatic rings. The van der Waals surface area contributed by atoms with Crippen LogP contribution >= 0.6 is 0 Å². The fourth-order valence-corrected chi connectivity index (χ4v) is 4.62. The molecule has 136 valence electrons. The monoisotopic (exact) mass is 354 g/mol. The van der Waals surface area contributed by atoms with E-state index in [2.05, 4.69) is 28.8 Å². The van der Waals surface area contributed by atoms with Gasteiger partial charge in [0, 0.05) is 18.1 Å². The molecule has 5 heteroatoms. The number of hydrogen-bond donors (Lipinski definition) is 2. The highest BCUT2D eigenvalue weighted by atomic mass is 19.1. The Morgan fingerprint density at radius 2 is 1.85 bits per heavy atom. The third-order valence-electron chi connectivity index (χ3n) is 5.82. The van der Waals surface area contributed by atoms with Crippen LogP contribution in [0.15, 0.2) is 48.5 Å². The molecule has 26 heavy (non-hydrogen) atoms. The van der Waals surface area contributed by atoms with Crippen molar-refractivity contribution in [2.75, 3.05) is 20.2 Å². The Labute approximate surface area is 152 Å². The maximum atomic E-state index is 13.1. The second kappa shape index (κ2) is 6.82. The summed E-state index contributed by atoms with van der Waals surface area (Å²) < 4.78 is 19.1. The highest BCUT2D eigenvalue weighted by Gasteiger charge is 2.53. The number of hydrogen-bond acceptors (Lipinski definition) is 3. The Hall–Kier alpha value is -2.24. The summed E-state index contributed by atoms with van der Waals surface area (Å²) in [6, 6.07) is 13.7. The van der Waals surface area contributed by atoms with E-state index in [0.29, 0.717) is 5.56 Å². The van der Waals surface area contributed by atoms with E-state index >= 15 is 0 Å². The van der Waals surface area contributed by atoms with Gasteiger partial charge in [0.25, 0.3) is 5.91 Å². The molecule has 2 atom stereocenters. The van der Waals surface area contributed by atoms with Gasteiger partial charge in [0.2, 0.25) is 0 Å². The van der Waals surface area contributed by atoms with Crippen LogP contribution in [0.2, 0.25) is 0 Å². The molecule has 0 radical (unpaired) electrons. The SMILES string of the molecule is CO[C@@H]1[C@@H](NC(=O)c2ccc(F)cc2)c2ccccc2C12CCNCC2. The third kappa shape index (κ3) is 2.72. The van der Waals surface area contributed by atoms with E-state index in [9.17, 15) is 9.18 Å². The number of methoxy groups -OCH3 is 1. The second-order valence-electron chi connectivity index (χ2n) is 7.11. The molecule has 2 aromatic carbocycles. The number of carbonyl (C=O) groups excluding carboxylic acids is 1. The van der Waals surface area contributed by atoms with E-state index < -0.39 is 0 Å². The van der Waals surface area contributed by atoms with E-state index in [4.69, 9.17) is 4.74 Å². The summed E-state index contributed by atoms with van der Waals surface area (Å²) in [6.07, 6.45) is 1.84. The lowest BCUT2D eigenvalue weighted by molar-refractivity contribution is 0.00397. The fourth-order valence-electron chi connectivity index (χ4n) is 4.62. The Morgan fingerprint density at radius 3 is 2.54 bits per heavy atom. The number of piperidine rings is 1. The minimum absolute atomic E-state index is 0.0860. The maximum Gasteiger partial charge on any atom is 0.251 e. The van der Waals surface area contributed by atoms with Crippen LogP contribution in [0.25, 0.3) is 0 Å². The fraction of sp³-hybridized carbons (Fsp3) is 0.381. The molecule has 0 aromatic heterocycles. The molecule has 1 saturated heterocycles. The summed E-state index contributed by atoms with van der Waals surface area (Å²) >= 11 is 0. The Kier molecular flexibility index (Phi) is 4.51. The van der Waals surface area contributed by atoms with Crippen molar-refractivity contribution in [3.63, 3.8) is 0 Å². The molecule has 1 aliphatic heterocycles. The van der Waals surface area contributed by atoms with Crippen molar-refractivity contribution < 1.29 is 13.9 Å². The number of ether oxygens (including phenoxy) is 1. The zero-order valence-electron chi connectivity index (χ0n) is 14.8. The van der Waals surface area contributed by atoms with E-state index in [1.54, 1.807) is 7.11 Å². The minimum atomic E-state index is -0.351. The van der Waals surface area contributed by atoms with Crippen molar-refractivity contribution in [2.45, 2.75) is 30.4 Å². The highest BCUT2D eigenvalue weighted by Crippen LogP contribution is 2.51. The number of amides is 1. The van der Waals surface area contributed by atoms with Crippen LogP contribution in [-0.2, 0) is 10.2 Å². The first kappa shape index (κ1) is 17.2. The van der Waals surface area contributed by atoms with Crippen LogP contribution in [0.5, 0.6) is 0 Å². The molecule has 2 aromatic rings. The molecule has 0 saturated carbocycles. The molecular weight excluding hydrogens is 331 g/mol. The van der Waals surface area contributed by atoms with Crippen molar-refractivity contribution in [1.29, 1.82) is 0 Å². The number of benzene rings is 2. The molecule has 4 rings (SSSR count). The Morgan fingerprint density at radius 1 is 1.15 bits per heavy atom. The Bertz CT molecular complexity index is 800. The van der Waals surface area contributed by atoms with E-state index in [0.717, 1.165) is 31.5 Å². The van der Waals surface area contributed by atoms with Gasteiger partial charge in [-0.2, -0.15) is 0 Å². The first-order valence-electron chi connectivity index (χ1n) is 9.05. The third-order valence-corrected chi connectivity index (χ3v) is 5.82. The van der Waals surface area contributed by atoms with Gasteiger partial charge in [-0.25, -0.2) is 4.39 Å². The van der Waals surface area contributed by atoms with Crippen LogP contribution in [0.3, 0.4) is 0 Å². The summed E-state index contributed by atoms with van der Waals surface area (Å²) in [7, 11) is 1.72. The topological polar surface area (TPSA) is 50.4 Å². The number of fused-ring (bicyclic) bond motifs is 2. The first-order valence-corrected chi connectivity index (χ1v) is 9.05. The van der Waals surface area contributed by atoms with Crippen LogP contribution in [0.1, 0.15) is 40.4 Å². The molecule has 1 aliphatic carbocycles. The lowest BCUT2D eigenvalue weighted by Gasteiger charge is -2.40. The number of halogens is 1. The number of rotatable bonds is 3. The predicted molar refractivity (Wildman–Crippen MR) is 97.6 cm³/mol. The summed E-state index contributed by atoms with van der Waals surface area (Å²) in [5.74, 6) is -0.561. The van der Waals surface area contributed by atoms with E-state index in [1.165, 1.54) is 29.8 Å². The number of carbonyl (C=O) groups is 1. The smallest absolute Gasteiger partial charge is 0.251 e. The van der Waals surface area contributed by atoms with Crippen molar-refractivity contribution in [2.24, 2.45) is 0 Å². The first-order chi connectivity index (χ1) is 12.7. The lowest BCUT2D eigenvalue weighted by Crippen LogP contribution is -2.49. The van der Waals surface area contributed by atoms with Gasteiger partial charge in [-0.1, -0.05) is 24.3 Å². The molecule has 0 bridgehead atoms. The van der Waals surface area contributed by atoms with Crippen molar-refractivity contribution in [1.82, 2.24) is 10.6 Å². The average molecular weight is 354 g/mol. The van der Waals surface area contributed by atoms with Gasteiger partial charge in [-0.3, -0.25) is 4.79 Å². The standard InChI is InChI=1S/C21H23FN2O2/c1-26-19-18(24-20(25)14-6-8-15(22)9-7-14)16-4-2-3-5-17(16)21(19)10-12-23-13-11-21/h2-9,18-19,23H,10-13H2,1H3,(H,24,25)/t18-,19+/m0/s1. The van der Waals surface area contributed by atoms with Gasteiger partial charge in [0.1, 0.15) is 5.82 Å². The molecule has 0 unspecified atom stereocenters. The average Bonchev–Trinajstić information content (AvgIpc) is 2.92. The molecular formula is C21H23FN2O2. The molecule has 1 amide bonds. The van der Waals surface area contributed by atoms with Gasteiger partial charge >= 0.3 is 0 Å². The zero-order valence-corrected chi connectivity index (χ0v) is 14.8. The predicted octanol–water partition coefficient (Wildman–Crippen LogP) is 2.95. The maximum absolute atomic E-state index is 13.1. The summed E-state index contributed by atoms with van der Waals surface area (Å²) in [6.45, 7) is 1.87. The molecule has 1 spiro atoms. The van der Waals surface area contributed by atoms with Crippen LogP contribution in [0.4, 0.5) is 4.39 Å². The molecule has 1 heterocycles. The van der Waals surface area contributed by atoms with Crippen molar-refractivity contribution in [3.8, 4) is 0 Å². The van der Waals surface area contributed by atoms with Crippen LogP contribution in [0, 0.1) is 5.82 Å². The van der Waals surface area contributed by atoms with Gasteiger partial charge in [0.15, 0.2) is 0 Å². The molecule has 4 nitrogen and oxygen atoms in total. The molecule has 2 N–H and O–H groups in total. The summed E-state index contributed by atoms with van der Waals surface area (Å²) in [5, 5.41) is 6.56. The lowest BCUT2D eigenvalue weighted by atomic mass is 9.72. The van der Waals surface area contributed by atoms with Crippen molar-refractivity contribution in [3.05, 3.63) is 71.0 Å². The van der Waals surface area contributed by atoms with Gasteiger partial charge in [0.05, 0.1) is 12.1 Å². The second-order valence-corrected chi connectivity index (χ2v) is 7.11. The summed E-state index contributed by atoms with van der Waals surface area (Å²) in [5.41, 5.74) is 2.76. The minimum Gasteiger partial charge on any atom is -0.378 e. The molecule has 1 fully saturated rings. The van der Waals surface area contributed by atoms with Gasteiger partial charge in [-0.15, -0.1) is 0 Å². The summed E-state index contributed by atoms with van der Waals surface area (Å²) in [4.78, 5) is 12.8. The van der Waals surface area contributed by atoms with Gasteiger partial charge in [-0.05, 0) is 61.3 Å². The van der Waals surface area contributed by atoms with E-state index in [-0.39, 0.29) is 29.3 Å². The largest absolute Gasteiger partial charge is 0.378 e. The normalized spacial score (nSPS) is 23.6. The quantitative estimate of drug-likeness (QED) is 0.891. The van der Waals surface area contributed by atoms with E-state index in [1.807, 2.05) is 6.07 Å². The van der Waals surface area contributed by atoms with Crippen molar-refractivity contribution >= 4 is 5.91 Å². The van der Waals surface area contributed by atoms with Crippen LogP contribution < -0.4 is 10.6 Å². The zero-order chi connectivity index (χ0) is 18.1. The number of nitrogens with one attached hydrogen (secondary N) is 2. The van der Waals surface area contributed by atoms with Crippen LogP contribution in [-0.4, -0.2) is 32.2 Å².